The van der Waals surface area contributed by atoms with Crippen LogP contribution >= 0.6 is 0 Å². The molecule has 0 aliphatic carbocycles. The molecule has 1 aliphatic rings. The summed E-state index contributed by atoms with van der Waals surface area (Å²) >= 11 is 0. The van der Waals surface area contributed by atoms with Crippen LogP contribution in [0.1, 0.15) is 28.9 Å². The molecule has 2 heterocycles. The molecule has 0 spiro atoms. The number of nitrogens with two attached hydrogens (primary N) is 1. The molecule has 1 amide bonds. The number of aryl methyl sites for hydroxylation is 1. The highest BCUT2D eigenvalue weighted by Gasteiger charge is 2.22. The van der Waals surface area contributed by atoms with Gasteiger partial charge in [0.2, 0.25) is 5.95 Å². The first-order valence-corrected chi connectivity index (χ1v) is 5.60. The van der Waals surface area contributed by atoms with Gasteiger partial charge in [0, 0.05) is 12.7 Å². The number of piperidine rings is 1. The Morgan fingerprint density at radius 2 is 2.41 bits per heavy atom. The lowest BCUT2D eigenvalue weighted by Crippen LogP contribution is -2.37. The molecule has 1 atom stereocenters. The second-order valence-electron chi connectivity index (χ2n) is 4.25. The maximum absolute atomic E-state index is 13.3. The van der Waals surface area contributed by atoms with Crippen LogP contribution in [0.25, 0.3) is 0 Å². The summed E-state index contributed by atoms with van der Waals surface area (Å²) in [5, 5.41) is 0. The predicted molar refractivity (Wildman–Crippen MR) is 61.6 cm³/mol. The van der Waals surface area contributed by atoms with Gasteiger partial charge >= 0.3 is 0 Å². The first-order valence-electron chi connectivity index (χ1n) is 5.60. The summed E-state index contributed by atoms with van der Waals surface area (Å²) in [6, 6.07) is 0. The quantitative estimate of drug-likeness (QED) is 0.828. The van der Waals surface area contributed by atoms with Crippen LogP contribution in [0.5, 0.6) is 0 Å². The number of alkyl halides is 1. The highest BCUT2D eigenvalue weighted by atomic mass is 19.1. The van der Waals surface area contributed by atoms with E-state index in [1.54, 1.807) is 18.0 Å². The summed E-state index contributed by atoms with van der Waals surface area (Å²) in [4.78, 5) is 21.1. The van der Waals surface area contributed by atoms with Gasteiger partial charge in [0.25, 0.3) is 5.91 Å². The van der Waals surface area contributed by atoms with Crippen LogP contribution in [0.4, 0.5) is 10.3 Å². The zero-order chi connectivity index (χ0) is 12.4. The highest BCUT2D eigenvalue weighted by molar-refractivity contribution is 5.92. The predicted octanol–water partition coefficient (Wildman–Crippen LogP) is 0.822. The molecule has 5 nitrogen and oxygen atoms in total. The Labute approximate surface area is 98.8 Å². The molecule has 0 radical (unpaired) electrons. The van der Waals surface area contributed by atoms with Crippen molar-refractivity contribution in [3.63, 3.8) is 0 Å². The SMILES string of the molecule is Cc1cnc(N2CCCC(F)C2)nc1C(N)=O. The molecular formula is C11H15FN4O. The molecule has 92 valence electrons. The standard InChI is InChI=1S/C11H15FN4O/c1-7-5-14-11(15-9(7)10(13)17)16-4-2-3-8(12)6-16/h5,8H,2-4,6H2,1H3,(H2,13,17). The summed E-state index contributed by atoms with van der Waals surface area (Å²) in [6.07, 6.45) is 2.03. The smallest absolute Gasteiger partial charge is 0.267 e. The monoisotopic (exact) mass is 238 g/mol. The van der Waals surface area contributed by atoms with Crippen LogP contribution in [0.2, 0.25) is 0 Å². The minimum Gasteiger partial charge on any atom is -0.364 e. The fraction of sp³-hybridized carbons (Fsp3) is 0.545. The van der Waals surface area contributed by atoms with E-state index in [0.717, 1.165) is 6.42 Å². The van der Waals surface area contributed by atoms with E-state index in [0.29, 0.717) is 24.5 Å². The lowest BCUT2D eigenvalue weighted by Gasteiger charge is -2.29. The van der Waals surface area contributed by atoms with Crippen LogP contribution in [-0.2, 0) is 0 Å². The Hall–Kier alpha value is -1.72. The van der Waals surface area contributed by atoms with Crippen LogP contribution in [0, 0.1) is 6.92 Å². The number of hydrogen-bond acceptors (Lipinski definition) is 4. The van der Waals surface area contributed by atoms with E-state index in [9.17, 15) is 9.18 Å². The minimum absolute atomic E-state index is 0.205. The maximum Gasteiger partial charge on any atom is 0.267 e. The number of halogens is 1. The van der Waals surface area contributed by atoms with Gasteiger partial charge in [0.15, 0.2) is 0 Å². The molecule has 1 fully saturated rings. The molecule has 0 bridgehead atoms. The molecule has 1 unspecified atom stereocenters. The van der Waals surface area contributed by atoms with Gasteiger partial charge < -0.3 is 10.6 Å². The van der Waals surface area contributed by atoms with Crippen molar-refractivity contribution in [3.8, 4) is 0 Å². The van der Waals surface area contributed by atoms with Gasteiger partial charge in [-0.1, -0.05) is 0 Å². The number of nitrogens with zero attached hydrogens (tertiary/aromatic N) is 3. The molecular weight excluding hydrogens is 223 g/mol. The molecule has 2 rings (SSSR count). The van der Waals surface area contributed by atoms with Gasteiger partial charge in [-0.15, -0.1) is 0 Å². The third-order valence-corrected chi connectivity index (χ3v) is 2.84. The number of amides is 1. The average molecular weight is 238 g/mol. The normalized spacial score (nSPS) is 20.4. The zero-order valence-corrected chi connectivity index (χ0v) is 9.69. The van der Waals surface area contributed by atoms with Gasteiger partial charge in [-0.25, -0.2) is 14.4 Å². The Balaban J connectivity index is 2.26. The van der Waals surface area contributed by atoms with Crippen molar-refractivity contribution in [1.29, 1.82) is 0 Å². The fourth-order valence-electron chi connectivity index (χ4n) is 1.94. The average Bonchev–Trinajstić information content (AvgIpc) is 2.29. The van der Waals surface area contributed by atoms with Crippen molar-refractivity contribution < 1.29 is 9.18 Å². The van der Waals surface area contributed by atoms with E-state index in [4.69, 9.17) is 5.73 Å². The Bertz CT molecular complexity index is 437. The lowest BCUT2D eigenvalue weighted by atomic mass is 10.1. The van der Waals surface area contributed by atoms with Crippen molar-refractivity contribution in [1.82, 2.24) is 9.97 Å². The first-order chi connectivity index (χ1) is 8.08. The molecule has 17 heavy (non-hydrogen) atoms. The van der Waals surface area contributed by atoms with Crippen LogP contribution in [0.15, 0.2) is 6.20 Å². The number of primary amides is 1. The number of hydrogen-bond donors (Lipinski definition) is 1. The summed E-state index contributed by atoms with van der Waals surface area (Å²) in [6.45, 7) is 2.71. The van der Waals surface area contributed by atoms with E-state index in [2.05, 4.69) is 9.97 Å². The second kappa shape index (κ2) is 4.65. The molecule has 6 heteroatoms. The van der Waals surface area contributed by atoms with E-state index < -0.39 is 12.1 Å². The van der Waals surface area contributed by atoms with Crippen LogP contribution in [0.3, 0.4) is 0 Å². The van der Waals surface area contributed by atoms with Gasteiger partial charge in [-0.3, -0.25) is 4.79 Å². The fourth-order valence-corrected chi connectivity index (χ4v) is 1.94. The second-order valence-corrected chi connectivity index (χ2v) is 4.25. The molecule has 1 aromatic heterocycles. The van der Waals surface area contributed by atoms with E-state index >= 15 is 0 Å². The topological polar surface area (TPSA) is 72.1 Å². The van der Waals surface area contributed by atoms with Gasteiger partial charge in [-0.2, -0.15) is 0 Å². The first kappa shape index (κ1) is 11.8. The Morgan fingerprint density at radius 1 is 1.65 bits per heavy atom. The molecule has 0 aromatic carbocycles. The molecule has 1 aromatic rings. The summed E-state index contributed by atoms with van der Waals surface area (Å²) in [5.41, 5.74) is 6.06. The van der Waals surface area contributed by atoms with Gasteiger partial charge in [-0.05, 0) is 25.3 Å². The van der Waals surface area contributed by atoms with Crippen molar-refractivity contribution in [2.75, 3.05) is 18.0 Å². The van der Waals surface area contributed by atoms with Crippen LogP contribution < -0.4 is 10.6 Å². The lowest BCUT2D eigenvalue weighted by molar-refractivity contribution is 0.0995. The summed E-state index contributed by atoms with van der Waals surface area (Å²) < 4.78 is 13.3. The Kier molecular flexibility index (Phi) is 3.21. The van der Waals surface area contributed by atoms with Gasteiger partial charge in [0.05, 0.1) is 6.54 Å². The molecule has 2 N–H and O–H groups in total. The maximum atomic E-state index is 13.3. The number of anilines is 1. The largest absolute Gasteiger partial charge is 0.364 e. The number of rotatable bonds is 2. The number of carbonyl (C=O) groups is 1. The zero-order valence-electron chi connectivity index (χ0n) is 9.69. The molecule has 1 saturated heterocycles. The van der Waals surface area contributed by atoms with Crippen molar-refractivity contribution >= 4 is 11.9 Å². The highest BCUT2D eigenvalue weighted by Crippen LogP contribution is 2.18. The Morgan fingerprint density at radius 3 is 3.06 bits per heavy atom. The van der Waals surface area contributed by atoms with Crippen molar-refractivity contribution in [3.05, 3.63) is 17.5 Å². The van der Waals surface area contributed by atoms with Crippen molar-refractivity contribution in [2.45, 2.75) is 25.9 Å². The summed E-state index contributed by atoms with van der Waals surface area (Å²) in [7, 11) is 0. The number of carbonyl (C=O) groups excluding carboxylic acids is 1. The van der Waals surface area contributed by atoms with E-state index in [1.807, 2.05) is 0 Å². The minimum atomic E-state index is -0.856. The molecule has 0 saturated carbocycles. The van der Waals surface area contributed by atoms with Crippen molar-refractivity contribution in [2.24, 2.45) is 5.73 Å². The summed E-state index contributed by atoms with van der Waals surface area (Å²) in [5.74, 6) is -0.202. The van der Waals surface area contributed by atoms with Crippen LogP contribution in [-0.4, -0.2) is 35.1 Å². The number of aromatic nitrogens is 2. The third-order valence-electron chi connectivity index (χ3n) is 2.84. The third kappa shape index (κ3) is 2.51. The van der Waals surface area contributed by atoms with E-state index in [-0.39, 0.29) is 12.2 Å². The van der Waals surface area contributed by atoms with E-state index in [1.165, 1.54) is 0 Å². The van der Waals surface area contributed by atoms with Gasteiger partial charge in [0.1, 0.15) is 11.9 Å². The molecule has 1 aliphatic heterocycles.